The third-order valence-electron chi connectivity index (χ3n) is 4.47. The monoisotopic (exact) mass is 434 g/mol. The highest BCUT2D eigenvalue weighted by atomic mass is 35.5. The maximum Gasteiger partial charge on any atom is 0.293 e. The van der Waals surface area contributed by atoms with Crippen molar-refractivity contribution in [2.75, 3.05) is 5.32 Å². The van der Waals surface area contributed by atoms with Gasteiger partial charge in [-0.25, -0.2) is 14.1 Å². The van der Waals surface area contributed by atoms with Crippen molar-refractivity contribution in [3.63, 3.8) is 0 Å². The molecule has 8 heteroatoms. The molecule has 0 saturated heterocycles. The molecule has 2 heterocycles. The largest absolute Gasteiger partial charge is 1.00 e. The second-order valence-corrected chi connectivity index (χ2v) is 7.05. The first kappa shape index (κ1) is 20.4. The summed E-state index contributed by atoms with van der Waals surface area (Å²) in [4.78, 5) is 17.7. The van der Waals surface area contributed by atoms with Gasteiger partial charge in [0.2, 0.25) is 6.33 Å². The van der Waals surface area contributed by atoms with Crippen LogP contribution in [0.25, 0.3) is 0 Å². The highest BCUT2D eigenvalue weighted by Gasteiger charge is 2.31. The van der Waals surface area contributed by atoms with E-state index < -0.39 is 6.17 Å². The van der Waals surface area contributed by atoms with Gasteiger partial charge in [0.25, 0.3) is 12.1 Å². The van der Waals surface area contributed by atoms with Gasteiger partial charge in [-0.1, -0.05) is 41.4 Å². The molecule has 1 unspecified atom stereocenters. The van der Waals surface area contributed by atoms with Crippen molar-refractivity contribution in [2.45, 2.75) is 19.6 Å². The molecule has 28 heavy (non-hydrogen) atoms. The lowest BCUT2D eigenvalue weighted by molar-refractivity contribution is -0.693. The van der Waals surface area contributed by atoms with E-state index in [-0.39, 0.29) is 18.3 Å². The van der Waals surface area contributed by atoms with Crippen LogP contribution >= 0.6 is 23.2 Å². The number of aliphatic imine (C=N–C) groups is 1. The molecule has 1 aromatic heterocycles. The molecule has 5 nitrogen and oxygen atoms in total. The molecule has 3 aromatic rings. The Morgan fingerprint density at radius 2 is 1.96 bits per heavy atom. The molecular weight excluding hydrogens is 419 g/mol. The summed E-state index contributed by atoms with van der Waals surface area (Å²) in [6.07, 6.45) is 4.85. The van der Waals surface area contributed by atoms with Crippen LogP contribution < -0.4 is 22.3 Å². The van der Waals surface area contributed by atoms with Crippen molar-refractivity contribution in [3.05, 3.63) is 82.4 Å². The predicted octanol–water partition coefficient (Wildman–Crippen LogP) is 1.09. The maximum absolute atomic E-state index is 12.9. The molecule has 1 atom stereocenters. The first-order chi connectivity index (χ1) is 13.1. The Labute approximate surface area is 179 Å². The van der Waals surface area contributed by atoms with Crippen LogP contribution in [0.4, 0.5) is 5.69 Å². The molecule has 1 aliphatic rings. The highest BCUT2D eigenvalue weighted by Crippen LogP contribution is 2.31. The Balaban J connectivity index is 0.00000225. The highest BCUT2D eigenvalue weighted by molar-refractivity contribution is 6.36. The van der Waals surface area contributed by atoms with Crippen LogP contribution in [0.1, 0.15) is 24.2 Å². The number of hydrogen-bond acceptors (Lipinski definition) is 2. The number of carbonyl (C=O) groups excluding carboxylic acids is 1. The minimum Gasteiger partial charge on any atom is -1.00 e. The number of aromatic nitrogens is 2. The molecular formula is C20H17Cl3N4O. The number of nitrogens with one attached hydrogen (secondary N) is 1. The number of benzodiazepines with no additional fused rings is 1. The van der Waals surface area contributed by atoms with Crippen LogP contribution in [0, 0.1) is 0 Å². The van der Waals surface area contributed by atoms with Gasteiger partial charge in [-0.2, -0.15) is 0 Å². The van der Waals surface area contributed by atoms with Crippen molar-refractivity contribution in [1.82, 2.24) is 4.57 Å². The number of halogens is 3. The summed E-state index contributed by atoms with van der Waals surface area (Å²) in [5.41, 5.74) is 2.76. The smallest absolute Gasteiger partial charge is 0.293 e. The Bertz CT molecular complexity index is 1060. The van der Waals surface area contributed by atoms with Crippen LogP contribution in [0.5, 0.6) is 0 Å². The predicted molar refractivity (Wildman–Crippen MR) is 107 cm³/mol. The van der Waals surface area contributed by atoms with Crippen LogP contribution in [0.2, 0.25) is 10.0 Å². The van der Waals surface area contributed by atoms with Crippen molar-refractivity contribution >= 4 is 40.5 Å². The van der Waals surface area contributed by atoms with E-state index >= 15 is 0 Å². The molecule has 0 aliphatic carbocycles. The van der Waals surface area contributed by atoms with Crippen LogP contribution in [0.3, 0.4) is 0 Å². The van der Waals surface area contributed by atoms with Gasteiger partial charge in [0, 0.05) is 21.2 Å². The molecule has 0 spiro atoms. The molecule has 1 N–H and O–H groups in total. The van der Waals surface area contributed by atoms with E-state index in [1.165, 1.54) is 0 Å². The fourth-order valence-electron chi connectivity index (χ4n) is 3.08. The van der Waals surface area contributed by atoms with Gasteiger partial charge < -0.3 is 17.7 Å². The Morgan fingerprint density at radius 3 is 2.68 bits per heavy atom. The molecule has 1 amide bonds. The van der Waals surface area contributed by atoms with Gasteiger partial charge >= 0.3 is 0 Å². The van der Waals surface area contributed by atoms with E-state index in [2.05, 4.69) is 5.32 Å². The number of imidazole rings is 1. The quantitative estimate of drug-likeness (QED) is 0.615. The lowest BCUT2D eigenvalue weighted by Gasteiger charge is -2.11. The van der Waals surface area contributed by atoms with E-state index in [4.69, 9.17) is 28.2 Å². The Morgan fingerprint density at radius 1 is 1.18 bits per heavy atom. The normalized spacial score (nSPS) is 15.8. The second-order valence-electron chi connectivity index (χ2n) is 6.20. The SMILES string of the molecule is CC[n+]1ccn(C2N=C(c3ccccc3Cl)c3cc(Cl)ccc3NC2=O)c1.[Cl-]. The molecule has 1 aliphatic heterocycles. The number of rotatable bonds is 3. The summed E-state index contributed by atoms with van der Waals surface area (Å²) in [7, 11) is 0. The number of amides is 1. The number of hydrogen-bond donors (Lipinski definition) is 1. The zero-order chi connectivity index (χ0) is 19.0. The first-order valence-electron chi connectivity index (χ1n) is 8.57. The van der Waals surface area contributed by atoms with E-state index in [1.807, 2.05) is 48.4 Å². The van der Waals surface area contributed by atoms with E-state index in [1.54, 1.807) is 28.8 Å². The summed E-state index contributed by atoms with van der Waals surface area (Å²) in [5, 5.41) is 4.08. The fourth-order valence-corrected chi connectivity index (χ4v) is 3.48. The first-order valence-corrected chi connectivity index (χ1v) is 9.32. The standard InChI is InChI=1S/C20H16Cl2N4O.ClH/c1-2-25-9-10-26(12-25)19-20(27)23-17-8-7-13(21)11-15(17)18(24-19)14-5-3-4-6-16(14)22;/h3-12,19H,2H2,1H3;1H. The fraction of sp³-hybridized carbons (Fsp3) is 0.150. The van der Waals surface area contributed by atoms with Crippen molar-refractivity contribution in [1.29, 1.82) is 0 Å². The summed E-state index contributed by atoms with van der Waals surface area (Å²) >= 11 is 12.7. The second kappa shape index (κ2) is 8.35. The van der Waals surface area contributed by atoms with Gasteiger partial charge in [0.15, 0.2) is 0 Å². The van der Waals surface area contributed by atoms with E-state index in [0.29, 0.717) is 21.4 Å². The Kier molecular flexibility index (Phi) is 6.08. The maximum atomic E-state index is 12.9. The van der Waals surface area contributed by atoms with Crippen LogP contribution in [0.15, 0.2) is 66.2 Å². The molecule has 144 valence electrons. The zero-order valence-electron chi connectivity index (χ0n) is 14.9. The van der Waals surface area contributed by atoms with Crippen molar-refractivity contribution in [3.8, 4) is 0 Å². The van der Waals surface area contributed by atoms with Crippen molar-refractivity contribution < 1.29 is 21.8 Å². The van der Waals surface area contributed by atoms with Gasteiger partial charge in [-0.3, -0.25) is 4.79 Å². The number of anilines is 1. The molecule has 0 bridgehead atoms. The topological polar surface area (TPSA) is 50.3 Å². The number of aryl methyl sites for hydroxylation is 1. The summed E-state index contributed by atoms with van der Waals surface area (Å²) < 4.78 is 3.76. The van der Waals surface area contributed by atoms with E-state index in [0.717, 1.165) is 17.7 Å². The summed E-state index contributed by atoms with van der Waals surface area (Å²) in [6, 6.07) is 12.8. The van der Waals surface area contributed by atoms with Crippen LogP contribution in [-0.2, 0) is 11.3 Å². The number of nitrogens with zero attached hydrogens (tertiary/aromatic N) is 3. The van der Waals surface area contributed by atoms with Crippen LogP contribution in [-0.4, -0.2) is 16.2 Å². The minimum absolute atomic E-state index is 0. The van der Waals surface area contributed by atoms with Gasteiger partial charge in [0.05, 0.1) is 17.9 Å². The molecule has 0 fully saturated rings. The third-order valence-corrected chi connectivity index (χ3v) is 5.03. The summed E-state index contributed by atoms with van der Waals surface area (Å²) in [5.74, 6) is -0.223. The Hall–Kier alpha value is -2.34. The third kappa shape index (κ3) is 3.78. The molecule has 0 radical (unpaired) electrons. The van der Waals surface area contributed by atoms with Crippen molar-refractivity contribution in [2.24, 2.45) is 4.99 Å². The minimum atomic E-state index is -0.754. The van der Waals surface area contributed by atoms with E-state index in [9.17, 15) is 4.79 Å². The number of benzene rings is 2. The number of carbonyl (C=O) groups is 1. The zero-order valence-corrected chi connectivity index (χ0v) is 17.2. The number of fused-ring (bicyclic) bond motifs is 1. The van der Waals surface area contributed by atoms with Gasteiger partial charge in [0.1, 0.15) is 12.4 Å². The average Bonchev–Trinajstić information content (AvgIpc) is 3.08. The van der Waals surface area contributed by atoms with Gasteiger partial charge in [-0.15, -0.1) is 0 Å². The molecule has 0 saturated carbocycles. The average molecular weight is 436 g/mol. The lowest BCUT2D eigenvalue weighted by atomic mass is 10.0. The molecule has 2 aromatic carbocycles. The van der Waals surface area contributed by atoms with Gasteiger partial charge in [-0.05, 0) is 31.2 Å². The lowest BCUT2D eigenvalue weighted by Crippen LogP contribution is -3.00. The summed E-state index contributed by atoms with van der Waals surface area (Å²) in [6.45, 7) is 2.84. The molecule has 4 rings (SSSR count).